The van der Waals surface area contributed by atoms with Gasteiger partial charge in [0.15, 0.2) is 11.5 Å². The number of aromatic nitrogens is 20. The van der Waals surface area contributed by atoms with Gasteiger partial charge in [0.25, 0.3) is 0 Å². The molecule has 5 N–H and O–H groups in total. The van der Waals surface area contributed by atoms with Crippen LogP contribution in [-0.4, -0.2) is 147 Å². The number of nitrogens with one attached hydrogen (secondary N) is 5. The van der Waals surface area contributed by atoms with Crippen molar-refractivity contribution in [2.75, 3.05) is 64.7 Å². The molecule has 0 saturated heterocycles. The number of benzene rings is 5. The van der Waals surface area contributed by atoms with E-state index in [2.05, 4.69) is 143 Å². The Bertz CT molecular complexity index is 8160. The third-order valence-electron chi connectivity index (χ3n) is 24.9. The molecule has 2 saturated carbocycles. The maximum Gasteiger partial charge on any atom is 0.232 e. The Morgan fingerprint density at radius 2 is 0.853 bits per heavy atom. The van der Waals surface area contributed by atoms with E-state index >= 15 is 0 Å². The molecule has 40 heteroatoms. The molecule has 0 radical (unpaired) electrons. The van der Waals surface area contributed by atoms with Crippen LogP contribution in [0, 0.1) is 33.5 Å². The van der Waals surface area contributed by atoms with E-state index in [1.54, 1.807) is 110 Å². The average molecular weight is 2030 g/mol. The number of halogens is 1. The molecule has 20 aromatic rings. The topological polar surface area (TPSA) is 362 Å². The summed E-state index contributed by atoms with van der Waals surface area (Å²) in [6.45, 7) is 13.5. The van der Waals surface area contributed by atoms with Gasteiger partial charge in [-0.15, -0.1) is 56.7 Å². The lowest BCUT2D eigenvalue weighted by molar-refractivity contribution is 0.174. The molecule has 2 aliphatic heterocycles. The number of rotatable bonds is 22. The molecule has 0 spiro atoms. The quantitative estimate of drug-likeness (QED) is 0.0421. The summed E-state index contributed by atoms with van der Waals surface area (Å²) in [5, 5.41) is 39.8. The fourth-order valence-electron chi connectivity index (χ4n) is 18.2. The fourth-order valence-corrected chi connectivity index (χ4v) is 23.5. The molecule has 4 aliphatic rings. The van der Waals surface area contributed by atoms with Crippen molar-refractivity contribution in [3.8, 4) is 84.4 Å². The molecule has 0 amide bonds. The van der Waals surface area contributed by atoms with Crippen LogP contribution in [0.4, 0.5) is 68.3 Å². The van der Waals surface area contributed by atoms with Crippen LogP contribution in [0.3, 0.4) is 0 Å². The molecule has 15 aromatic heterocycles. The van der Waals surface area contributed by atoms with Gasteiger partial charge in [-0.05, 0) is 103 Å². The molecule has 33 nitrogen and oxygen atoms in total. The van der Waals surface area contributed by atoms with Gasteiger partial charge >= 0.3 is 0 Å². The number of para-hydroxylation sites is 4. The Balaban J connectivity index is 0.000000109. The zero-order chi connectivity index (χ0) is 98.7. The monoisotopic (exact) mass is 2030 g/mol. The summed E-state index contributed by atoms with van der Waals surface area (Å²) >= 11 is 8.24. The second-order valence-electron chi connectivity index (χ2n) is 35.3. The van der Waals surface area contributed by atoms with Gasteiger partial charge in [0, 0.05) is 152 Å². The molecular formula is C103H103FN26O7S6. The Morgan fingerprint density at radius 3 is 1.31 bits per heavy atom. The second kappa shape index (κ2) is 41.7. The van der Waals surface area contributed by atoms with Gasteiger partial charge < -0.3 is 50.3 Å². The number of thiophene rings is 5. The van der Waals surface area contributed by atoms with E-state index in [1.807, 2.05) is 164 Å². The summed E-state index contributed by atoms with van der Waals surface area (Å²) in [4.78, 5) is 50.9. The van der Waals surface area contributed by atoms with Crippen LogP contribution in [-0.2, 0) is 37.6 Å². The van der Waals surface area contributed by atoms with E-state index in [0.717, 1.165) is 181 Å². The molecule has 17 heterocycles. The summed E-state index contributed by atoms with van der Waals surface area (Å²) < 4.78 is 82.2. The molecule has 5 aromatic carbocycles. The standard InChI is InChI=1S/C24H25N5OS.C23H24FN5OS.C20H21N5OS.C18H18N6O2S2.C18H15N5O2S/c1-15-21(19-9-5-6-16-10-11-30-23(16)19)22-20(31-15)13-25-24(28-22)27-17-12-26-29(14-17)18-7-3-2-4-8-18;1-14-21(18-9-8-15(24)10-19(18)30-2)22-20(31-14)12-25-23(28-22)27-16-11-26-29(13-16)17-6-4-3-5-7-17;1-12(2)26-16-8-6-5-7-15(16)18-13(3)27-17-10-21-20(24-19(17)18)23-14-9-22-25(4)11-14;1-23-10-12(8-20-23)21-18-19-9-16-17(22-18)14(11-27-16)13-6-4-5-7-15(13)24(2)28(3,25)26;1-10-15(12-4-3-5-13-17(12)25-9-24-13)16-14(26-10)7-19-18(22-16)21-11-6-20-23(2)8-11/h5-6,9,12-14,18H,2-4,7-8,10-11H2,1H3,(H,25,27,28);8-13,17H,3-7H2,1-2H3,(H,25,27,28);5-12H,1-4H3,(H,21,23,24);4-11H,1-3H3,(H,19,21,22);3-8H,9H2,1-2H3,(H,19,21,22). The average Bonchev–Trinajstić information content (AvgIpc) is 1.61. The van der Waals surface area contributed by atoms with Crippen molar-refractivity contribution >= 4 is 182 Å². The molecule has 0 bridgehead atoms. The lowest BCUT2D eigenvalue weighted by Crippen LogP contribution is -2.25. The number of methoxy groups -OCH3 is 1. The van der Waals surface area contributed by atoms with Gasteiger partial charge in [-0.25, -0.2) is 62.6 Å². The van der Waals surface area contributed by atoms with Gasteiger partial charge in [-0.3, -0.25) is 27.7 Å². The van der Waals surface area contributed by atoms with Gasteiger partial charge in [0.2, 0.25) is 46.6 Å². The molecular weight excluding hydrogens is 1920 g/mol. The largest absolute Gasteiger partial charge is 0.496 e. The first kappa shape index (κ1) is 95.6. The first-order chi connectivity index (χ1) is 69.4. The zero-order valence-electron chi connectivity index (χ0n) is 80.6. The molecule has 0 atom stereocenters. The highest BCUT2D eigenvalue weighted by Crippen LogP contribution is 2.50. The van der Waals surface area contributed by atoms with Crippen molar-refractivity contribution < 1.29 is 36.5 Å². The number of aryl methyl sites for hydroxylation is 7. The summed E-state index contributed by atoms with van der Waals surface area (Å²) in [5.74, 6) is 6.23. The first-order valence-corrected chi connectivity index (χ1v) is 52.9. The highest BCUT2D eigenvalue weighted by molar-refractivity contribution is 7.92. The number of sulfonamides is 1. The normalized spacial score (nSPS) is 13.5. The van der Waals surface area contributed by atoms with Crippen LogP contribution in [0.25, 0.3) is 107 Å². The summed E-state index contributed by atoms with van der Waals surface area (Å²) in [7, 11) is 5.29. The Labute approximate surface area is 843 Å². The Hall–Kier alpha value is -15.0. The lowest BCUT2D eigenvalue weighted by atomic mass is 9.96. The molecule has 730 valence electrons. The van der Waals surface area contributed by atoms with Crippen LogP contribution in [0.5, 0.6) is 28.7 Å². The van der Waals surface area contributed by atoms with Crippen molar-refractivity contribution in [3.05, 3.63) is 232 Å². The van der Waals surface area contributed by atoms with Gasteiger partial charge in [-0.2, -0.15) is 25.5 Å². The van der Waals surface area contributed by atoms with Gasteiger partial charge in [-0.1, -0.05) is 105 Å². The first-order valence-electron chi connectivity index (χ1n) is 46.9. The Morgan fingerprint density at radius 1 is 0.441 bits per heavy atom. The molecule has 2 fully saturated rings. The maximum absolute atomic E-state index is 13.7. The van der Waals surface area contributed by atoms with Crippen molar-refractivity contribution in [1.29, 1.82) is 0 Å². The minimum Gasteiger partial charge on any atom is -0.496 e. The minimum absolute atomic E-state index is 0.105. The Kier molecular flexibility index (Phi) is 27.9. The number of hydrogen-bond acceptors (Lipinski definition) is 32. The van der Waals surface area contributed by atoms with E-state index in [1.165, 1.54) is 114 Å². The van der Waals surface area contributed by atoms with Gasteiger partial charge in [0.05, 0.1) is 185 Å². The molecule has 24 rings (SSSR count). The molecule has 143 heavy (non-hydrogen) atoms. The van der Waals surface area contributed by atoms with Crippen LogP contribution >= 0.6 is 56.7 Å². The number of hydrogen-bond donors (Lipinski definition) is 5. The molecule has 2 aliphatic carbocycles. The van der Waals surface area contributed by atoms with E-state index in [0.29, 0.717) is 53.3 Å². The van der Waals surface area contributed by atoms with Crippen molar-refractivity contribution in [2.45, 2.75) is 130 Å². The highest BCUT2D eigenvalue weighted by atomic mass is 32.2. The van der Waals surface area contributed by atoms with Crippen molar-refractivity contribution in [2.24, 2.45) is 21.1 Å². The predicted molar refractivity (Wildman–Crippen MR) is 569 cm³/mol. The van der Waals surface area contributed by atoms with Crippen LogP contribution in [0.15, 0.2) is 201 Å². The smallest absolute Gasteiger partial charge is 0.232 e. The number of anilines is 11. The van der Waals surface area contributed by atoms with Crippen LogP contribution < -0.4 is 54.6 Å². The predicted octanol–water partition coefficient (Wildman–Crippen LogP) is 24.3. The third kappa shape index (κ3) is 21.1. The number of nitrogens with zero attached hydrogens (tertiary/aromatic N) is 21. The summed E-state index contributed by atoms with van der Waals surface area (Å²) in [5.41, 5.74) is 20.5. The van der Waals surface area contributed by atoms with Gasteiger partial charge in [0.1, 0.15) is 23.1 Å². The van der Waals surface area contributed by atoms with E-state index in [9.17, 15) is 12.8 Å². The second-order valence-corrected chi connectivity index (χ2v) is 43.3. The summed E-state index contributed by atoms with van der Waals surface area (Å²) in [6, 6.07) is 33.4. The van der Waals surface area contributed by atoms with Crippen molar-refractivity contribution in [1.82, 2.24) is 98.7 Å². The number of ether oxygens (including phenoxy) is 5. The lowest BCUT2D eigenvalue weighted by Gasteiger charge is -2.21. The fraction of sp³-hybridized carbons (Fsp3) is 0.272. The highest BCUT2D eigenvalue weighted by Gasteiger charge is 2.29. The van der Waals surface area contributed by atoms with E-state index in [-0.39, 0.29) is 18.7 Å². The van der Waals surface area contributed by atoms with E-state index in [4.69, 9.17) is 43.6 Å². The third-order valence-corrected chi connectivity index (χ3v) is 31.1. The molecule has 0 unspecified atom stereocenters. The number of fused-ring (bicyclic) bond motifs is 7. The minimum atomic E-state index is -3.39. The maximum atomic E-state index is 13.7. The van der Waals surface area contributed by atoms with Crippen molar-refractivity contribution in [3.63, 3.8) is 0 Å². The van der Waals surface area contributed by atoms with Crippen LogP contribution in [0.2, 0.25) is 0 Å². The summed E-state index contributed by atoms with van der Waals surface area (Å²) in [6.07, 6.45) is 42.6. The zero-order valence-corrected chi connectivity index (χ0v) is 85.5. The van der Waals surface area contributed by atoms with Crippen LogP contribution in [0.1, 0.15) is 115 Å². The SMILES string of the molecule is CN(c1ccccc1-c1csc2cnc(Nc3cnn(C)c3)nc12)S(C)(=O)=O.COc1cc(F)ccc1-c1c(C)sc2cnc(Nc3cnn(C4CCCCC4)c3)nc12.Cc1sc2cnc(Nc3cnn(C)c3)nc2c1-c1cccc2c1OCO2.Cc1sc2cnc(Nc3cnn(C)c3)nc2c1-c1ccccc1OC(C)C.Cc1sc2cnc(Nc3cnn(C4CCCCC4)c3)nc2c1-c1cccc2c1OCC2. The van der Waals surface area contributed by atoms with E-state index < -0.39 is 10.0 Å².